The predicted octanol–water partition coefficient (Wildman–Crippen LogP) is 1.89. The van der Waals surface area contributed by atoms with Gasteiger partial charge in [-0.1, -0.05) is 19.8 Å². The van der Waals surface area contributed by atoms with Gasteiger partial charge in [0.2, 0.25) is 0 Å². The molecule has 0 aliphatic rings. The molecule has 48 valence electrons. The summed E-state index contributed by atoms with van der Waals surface area (Å²) in [5.41, 5.74) is 0. The van der Waals surface area contributed by atoms with E-state index >= 15 is 0 Å². The first kappa shape index (κ1) is 10.5. The molecule has 0 spiro atoms. The fourth-order valence-corrected chi connectivity index (χ4v) is 0.250. The Morgan fingerprint density at radius 2 is 2.00 bits per heavy atom. The maximum absolute atomic E-state index is 8.22. The number of hydrogen-bond acceptors (Lipinski definition) is 1. The average molecular weight is 282 g/mol. The van der Waals surface area contributed by atoms with Gasteiger partial charge in [0.1, 0.15) is 0 Å². The van der Waals surface area contributed by atoms with Crippen LogP contribution >= 0.6 is 0 Å². The van der Waals surface area contributed by atoms with Crippen molar-refractivity contribution in [3.8, 4) is 0 Å². The fraction of sp³-hybridized carbons (Fsp3) is 0.800. The van der Waals surface area contributed by atoms with Crippen LogP contribution in [0.3, 0.4) is 0 Å². The van der Waals surface area contributed by atoms with Crippen LogP contribution in [0.15, 0.2) is 0 Å². The summed E-state index contributed by atoms with van der Waals surface area (Å²) in [6.45, 7) is 5.85. The molecule has 0 heterocycles. The van der Waals surface area contributed by atoms with Gasteiger partial charge in [-0.25, -0.2) is 0 Å². The Kier molecular flexibility index (Phi) is 24.0. The Hall–Kier alpha value is 0.488. The van der Waals surface area contributed by atoms with E-state index in [0.717, 1.165) is 26.2 Å². The second kappa shape index (κ2) is 16.1. The molecule has 0 atom stereocenters. The van der Waals surface area contributed by atoms with Crippen LogP contribution in [0.25, 0.3) is 0 Å². The molecule has 0 amide bonds. The zero-order chi connectivity index (χ0) is 6.12. The molecular weight excluding hydrogens is 271 g/mol. The standard InChI is InChI=1S/C5H11.O.Pt/c1-3-5-4-2;;/h1,3-5H2,2H3;;/q-1;;. The Balaban J connectivity index is 0. The quantitative estimate of drug-likeness (QED) is 0.707. The fourth-order valence-electron chi connectivity index (χ4n) is 0.250. The molecule has 0 aromatic carbocycles. The van der Waals surface area contributed by atoms with Crippen LogP contribution in [-0.2, 0) is 23.2 Å². The zero-order valence-electron chi connectivity index (χ0n) is 4.55. The first-order chi connectivity index (χ1) is 3.41. The number of hydrogen-bond donors (Lipinski definition) is 0. The third-order valence-electron chi connectivity index (χ3n) is 0.604. The van der Waals surface area contributed by atoms with Crippen molar-refractivity contribution in [3.63, 3.8) is 0 Å². The van der Waals surface area contributed by atoms with Crippen molar-refractivity contribution in [2.75, 3.05) is 0 Å². The molecule has 0 aromatic heterocycles. The van der Waals surface area contributed by atoms with Crippen molar-refractivity contribution in [2.45, 2.75) is 26.2 Å². The second-order valence-corrected chi connectivity index (χ2v) is 1.21. The van der Waals surface area contributed by atoms with E-state index in [1.165, 1.54) is 12.8 Å². The Morgan fingerprint density at radius 3 is 2.00 bits per heavy atom. The molecule has 0 radical (unpaired) electrons. The predicted molar refractivity (Wildman–Crippen MR) is 25.6 cm³/mol. The van der Waals surface area contributed by atoms with Crippen LogP contribution in [0, 0.1) is 6.92 Å². The molecule has 0 aliphatic heterocycles. The molecule has 0 rings (SSSR count). The van der Waals surface area contributed by atoms with Gasteiger partial charge in [0.15, 0.2) is 0 Å². The zero-order valence-corrected chi connectivity index (χ0v) is 6.83. The molecule has 0 fully saturated rings. The van der Waals surface area contributed by atoms with Gasteiger partial charge in [-0.15, -0.1) is 0 Å². The van der Waals surface area contributed by atoms with E-state index in [2.05, 4.69) is 13.8 Å². The van der Waals surface area contributed by atoms with Crippen molar-refractivity contribution >= 4 is 0 Å². The third-order valence-corrected chi connectivity index (χ3v) is 0.604. The Morgan fingerprint density at radius 1 is 1.57 bits per heavy atom. The summed E-state index contributed by atoms with van der Waals surface area (Å²) in [6, 6.07) is 0. The molecular formula is C5H11OPt-. The molecule has 0 aromatic rings. The number of unbranched alkanes of at least 4 members (excludes halogenated alkanes) is 2. The van der Waals surface area contributed by atoms with Gasteiger partial charge < -0.3 is 6.92 Å². The summed E-state index contributed by atoms with van der Waals surface area (Å²) in [4.78, 5) is 0. The summed E-state index contributed by atoms with van der Waals surface area (Å²) >= 11 is 0.889. The molecule has 0 aliphatic carbocycles. The number of rotatable bonds is 2. The van der Waals surface area contributed by atoms with E-state index in [1.807, 2.05) is 0 Å². The molecule has 0 unspecified atom stereocenters. The average Bonchev–Trinajstić information content (AvgIpc) is 1.75. The molecule has 2 heteroatoms. The molecule has 1 nitrogen and oxygen atoms in total. The molecule has 0 bridgehead atoms. The van der Waals surface area contributed by atoms with Crippen LogP contribution < -0.4 is 0 Å². The normalized spacial score (nSPS) is 6.86. The van der Waals surface area contributed by atoms with E-state index in [0.29, 0.717) is 0 Å². The molecule has 0 saturated heterocycles. The van der Waals surface area contributed by atoms with E-state index in [4.69, 9.17) is 3.40 Å². The Labute approximate surface area is 56.7 Å². The van der Waals surface area contributed by atoms with E-state index in [-0.39, 0.29) is 0 Å². The summed E-state index contributed by atoms with van der Waals surface area (Å²) in [6.07, 6.45) is 3.65. The minimum absolute atomic E-state index is 0.889. The van der Waals surface area contributed by atoms with Gasteiger partial charge in [-0.2, -0.15) is 6.42 Å². The van der Waals surface area contributed by atoms with E-state index in [1.54, 1.807) is 0 Å². The summed E-state index contributed by atoms with van der Waals surface area (Å²) in [5.74, 6) is 0. The monoisotopic (exact) mass is 282 g/mol. The van der Waals surface area contributed by atoms with Crippen LogP contribution in [0.2, 0.25) is 0 Å². The molecule has 7 heavy (non-hydrogen) atoms. The first-order valence-corrected chi connectivity index (χ1v) is 3.26. The third kappa shape index (κ3) is 21.1. The van der Waals surface area contributed by atoms with Crippen molar-refractivity contribution in [2.24, 2.45) is 0 Å². The van der Waals surface area contributed by atoms with Crippen molar-refractivity contribution in [1.82, 2.24) is 0 Å². The van der Waals surface area contributed by atoms with Gasteiger partial charge in [0.25, 0.3) is 0 Å². The van der Waals surface area contributed by atoms with Gasteiger partial charge in [-0.3, -0.25) is 0 Å². The maximum atomic E-state index is 8.22. The van der Waals surface area contributed by atoms with Gasteiger partial charge in [-0.05, 0) is 0 Å². The molecule has 0 N–H and O–H groups in total. The summed E-state index contributed by atoms with van der Waals surface area (Å²) in [5, 5.41) is 0. The topological polar surface area (TPSA) is 17.1 Å². The van der Waals surface area contributed by atoms with Gasteiger partial charge >= 0.3 is 23.2 Å². The van der Waals surface area contributed by atoms with Gasteiger partial charge in [0.05, 0.1) is 0 Å². The van der Waals surface area contributed by atoms with Gasteiger partial charge in [0, 0.05) is 0 Å². The second-order valence-electron chi connectivity index (χ2n) is 1.21. The van der Waals surface area contributed by atoms with Crippen LogP contribution in [0.5, 0.6) is 0 Å². The SMILES string of the molecule is [CH2-]CCCC.[O]=[Pt]. The minimum atomic E-state index is 0.889. The van der Waals surface area contributed by atoms with Crippen LogP contribution in [0.1, 0.15) is 26.2 Å². The Bertz CT molecular complexity index is 22.0. The van der Waals surface area contributed by atoms with Crippen molar-refractivity contribution < 1.29 is 23.2 Å². The van der Waals surface area contributed by atoms with Crippen molar-refractivity contribution in [1.29, 1.82) is 0 Å². The van der Waals surface area contributed by atoms with Crippen LogP contribution in [0.4, 0.5) is 0 Å². The summed E-state index contributed by atoms with van der Waals surface area (Å²) in [7, 11) is 0. The van der Waals surface area contributed by atoms with Crippen molar-refractivity contribution in [3.05, 3.63) is 6.92 Å². The summed E-state index contributed by atoms with van der Waals surface area (Å²) < 4.78 is 8.22. The molecule has 0 saturated carbocycles. The van der Waals surface area contributed by atoms with Crippen LogP contribution in [-0.4, -0.2) is 0 Å². The van der Waals surface area contributed by atoms with E-state index < -0.39 is 0 Å². The first-order valence-electron chi connectivity index (χ1n) is 2.34. The van der Waals surface area contributed by atoms with E-state index in [9.17, 15) is 0 Å².